The normalized spacial score (nSPS) is 16.8. The molecule has 18 heavy (non-hydrogen) atoms. The first kappa shape index (κ1) is 13.3. The SMILES string of the molecule is O=C(O)CC(c1cccc(SC(F)F)c1)C1CC1. The zero-order valence-electron chi connectivity index (χ0n) is 9.68. The van der Waals surface area contributed by atoms with Gasteiger partial charge in [0.1, 0.15) is 0 Å². The van der Waals surface area contributed by atoms with Crippen LogP contribution in [0.4, 0.5) is 8.78 Å². The summed E-state index contributed by atoms with van der Waals surface area (Å²) in [6.45, 7) is 0. The Hall–Kier alpha value is -1.10. The number of benzene rings is 1. The highest BCUT2D eigenvalue weighted by Crippen LogP contribution is 2.45. The number of carboxylic acid groups (broad SMARTS) is 1. The van der Waals surface area contributed by atoms with E-state index in [2.05, 4.69) is 0 Å². The van der Waals surface area contributed by atoms with Gasteiger partial charge in [-0.3, -0.25) is 4.79 Å². The average Bonchev–Trinajstić information content (AvgIpc) is 3.09. The highest BCUT2D eigenvalue weighted by atomic mass is 32.2. The Labute approximate surface area is 108 Å². The minimum atomic E-state index is -2.45. The van der Waals surface area contributed by atoms with Gasteiger partial charge in [0, 0.05) is 4.90 Å². The molecule has 1 aromatic carbocycles. The molecule has 0 saturated heterocycles. The smallest absolute Gasteiger partial charge is 0.303 e. The van der Waals surface area contributed by atoms with E-state index in [9.17, 15) is 13.6 Å². The van der Waals surface area contributed by atoms with E-state index in [-0.39, 0.29) is 12.3 Å². The van der Waals surface area contributed by atoms with Crippen molar-refractivity contribution in [3.8, 4) is 0 Å². The fraction of sp³-hybridized carbons (Fsp3) is 0.462. The van der Waals surface area contributed by atoms with Crippen LogP contribution in [-0.4, -0.2) is 16.8 Å². The summed E-state index contributed by atoms with van der Waals surface area (Å²) in [5.74, 6) is -2.92. The molecule has 2 nitrogen and oxygen atoms in total. The number of hydrogen-bond acceptors (Lipinski definition) is 2. The van der Waals surface area contributed by atoms with E-state index in [0.29, 0.717) is 22.6 Å². The molecule has 1 aromatic rings. The van der Waals surface area contributed by atoms with Crippen molar-refractivity contribution in [2.45, 2.75) is 35.8 Å². The van der Waals surface area contributed by atoms with Crippen LogP contribution in [0.5, 0.6) is 0 Å². The average molecular weight is 272 g/mol. The molecular formula is C13H14F2O2S. The van der Waals surface area contributed by atoms with Gasteiger partial charge in [0.2, 0.25) is 0 Å². The quantitative estimate of drug-likeness (QED) is 0.796. The summed E-state index contributed by atoms with van der Waals surface area (Å²) in [5, 5.41) is 8.91. The van der Waals surface area contributed by atoms with E-state index in [0.717, 1.165) is 18.4 Å². The summed E-state index contributed by atoms with van der Waals surface area (Å²) in [6.07, 6.45) is 2.14. The second-order valence-corrected chi connectivity index (χ2v) is 5.56. The molecule has 1 unspecified atom stereocenters. The Morgan fingerprint density at radius 3 is 2.72 bits per heavy atom. The Bertz CT molecular complexity index is 433. The van der Waals surface area contributed by atoms with Gasteiger partial charge in [0.25, 0.3) is 5.76 Å². The molecule has 0 aromatic heterocycles. The second kappa shape index (κ2) is 5.69. The summed E-state index contributed by atoms with van der Waals surface area (Å²) in [4.78, 5) is 11.4. The summed E-state index contributed by atoms with van der Waals surface area (Å²) in [6, 6.07) is 6.88. The van der Waals surface area contributed by atoms with Gasteiger partial charge in [-0.05, 0) is 42.4 Å². The topological polar surface area (TPSA) is 37.3 Å². The number of rotatable bonds is 6. The summed E-state index contributed by atoms with van der Waals surface area (Å²) in [7, 11) is 0. The van der Waals surface area contributed by atoms with E-state index in [4.69, 9.17) is 5.11 Å². The monoisotopic (exact) mass is 272 g/mol. The number of alkyl halides is 2. The van der Waals surface area contributed by atoms with Gasteiger partial charge in [-0.15, -0.1) is 0 Å². The summed E-state index contributed by atoms with van der Waals surface area (Å²) < 4.78 is 24.6. The second-order valence-electron chi connectivity index (χ2n) is 4.49. The van der Waals surface area contributed by atoms with Crippen molar-refractivity contribution in [3.05, 3.63) is 29.8 Å². The molecule has 0 bridgehead atoms. The summed E-state index contributed by atoms with van der Waals surface area (Å²) >= 11 is 0.500. The number of hydrogen-bond donors (Lipinski definition) is 1. The lowest BCUT2D eigenvalue weighted by Gasteiger charge is -2.15. The lowest BCUT2D eigenvalue weighted by molar-refractivity contribution is -0.137. The Balaban J connectivity index is 2.16. The van der Waals surface area contributed by atoms with Crippen LogP contribution in [0, 0.1) is 5.92 Å². The fourth-order valence-electron chi connectivity index (χ4n) is 2.16. The third kappa shape index (κ3) is 3.70. The Kier molecular flexibility index (Phi) is 4.22. The third-order valence-corrected chi connectivity index (χ3v) is 3.80. The number of thioether (sulfide) groups is 1. The van der Waals surface area contributed by atoms with Crippen molar-refractivity contribution in [2.24, 2.45) is 5.92 Å². The van der Waals surface area contributed by atoms with Crippen molar-refractivity contribution in [1.29, 1.82) is 0 Å². The molecular weight excluding hydrogens is 258 g/mol. The van der Waals surface area contributed by atoms with Crippen molar-refractivity contribution in [2.75, 3.05) is 0 Å². The van der Waals surface area contributed by atoms with Crippen molar-refractivity contribution >= 4 is 17.7 Å². The third-order valence-electron chi connectivity index (χ3n) is 3.10. The number of carboxylic acids is 1. The zero-order valence-corrected chi connectivity index (χ0v) is 10.5. The molecule has 1 N–H and O–H groups in total. The van der Waals surface area contributed by atoms with E-state index >= 15 is 0 Å². The van der Waals surface area contributed by atoms with Crippen LogP contribution in [0.1, 0.15) is 30.7 Å². The molecule has 0 amide bonds. The van der Waals surface area contributed by atoms with E-state index in [1.807, 2.05) is 6.07 Å². The molecule has 2 rings (SSSR count). The van der Waals surface area contributed by atoms with Crippen LogP contribution in [0.2, 0.25) is 0 Å². The molecule has 1 fully saturated rings. The lowest BCUT2D eigenvalue weighted by Crippen LogP contribution is -2.08. The predicted octanol–water partition coefficient (Wildman–Crippen LogP) is 3.97. The molecule has 1 atom stereocenters. The molecule has 0 spiro atoms. The van der Waals surface area contributed by atoms with Crippen LogP contribution < -0.4 is 0 Å². The van der Waals surface area contributed by atoms with Crippen LogP contribution >= 0.6 is 11.8 Å². The first-order valence-electron chi connectivity index (χ1n) is 5.83. The highest BCUT2D eigenvalue weighted by molar-refractivity contribution is 7.99. The molecule has 0 aliphatic heterocycles. The van der Waals surface area contributed by atoms with Gasteiger partial charge in [-0.1, -0.05) is 23.9 Å². The van der Waals surface area contributed by atoms with Gasteiger partial charge in [-0.2, -0.15) is 8.78 Å². The van der Waals surface area contributed by atoms with Crippen LogP contribution in [0.15, 0.2) is 29.2 Å². The molecule has 1 aliphatic rings. The standard InChI is InChI=1S/C13H14F2O2S/c14-13(15)18-10-3-1-2-9(6-10)11(7-12(16)17)8-4-5-8/h1-3,6,8,11,13H,4-5,7H2,(H,16,17). The van der Waals surface area contributed by atoms with Gasteiger partial charge < -0.3 is 5.11 Å². The molecule has 98 valence electrons. The first-order valence-corrected chi connectivity index (χ1v) is 6.71. The number of carbonyl (C=O) groups is 1. The van der Waals surface area contributed by atoms with Crippen molar-refractivity contribution in [3.63, 3.8) is 0 Å². The van der Waals surface area contributed by atoms with Gasteiger partial charge in [0.15, 0.2) is 0 Å². The molecule has 1 saturated carbocycles. The van der Waals surface area contributed by atoms with Gasteiger partial charge >= 0.3 is 5.97 Å². The minimum Gasteiger partial charge on any atom is -0.481 e. The van der Waals surface area contributed by atoms with Crippen molar-refractivity contribution < 1.29 is 18.7 Å². The maximum absolute atomic E-state index is 12.3. The lowest BCUT2D eigenvalue weighted by atomic mass is 9.91. The van der Waals surface area contributed by atoms with Crippen molar-refractivity contribution in [1.82, 2.24) is 0 Å². The molecule has 0 radical (unpaired) electrons. The maximum atomic E-state index is 12.3. The van der Waals surface area contributed by atoms with E-state index < -0.39 is 11.7 Å². The maximum Gasteiger partial charge on any atom is 0.303 e. The largest absolute Gasteiger partial charge is 0.481 e. The van der Waals surface area contributed by atoms with Gasteiger partial charge in [0.05, 0.1) is 6.42 Å². The predicted molar refractivity (Wildman–Crippen MR) is 66.0 cm³/mol. The van der Waals surface area contributed by atoms with E-state index in [1.54, 1.807) is 18.2 Å². The van der Waals surface area contributed by atoms with E-state index in [1.165, 1.54) is 0 Å². The first-order chi connectivity index (χ1) is 8.56. The van der Waals surface area contributed by atoms with Gasteiger partial charge in [-0.25, -0.2) is 0 Å². The molecule has 1 aliphatic carbocycles. The summed E-state index contributed by atoms with van der Waals surface area (Å²) in [5.41, 5.74) is 0.866. The molecule has 5 heteroatoms. The van der Waals surface area contributed by atoms with Crippen LogP contribution in [0.25, 0.3) is 0 Å². The number of aliphatic carboxylic acids is 1. The minimum absolute atomic E-state index is 0.0410. The fourth-order valence-corrected chi connectivity index (χ4v) is 2.73. The highest BCUT2D eigenvalue weighted by Gasteiger charge is 2.33. The Morgan fingerprint density at radius 1 is 1.44 bits per heavy atom. The van der Waals surface area contributed by atoms with Crippen LogP contribution in [0.3, 0.4) is 0 Å². The number of halogens is 2. The van der Waals surface area contributed by atoms with Crippen LogP contribution in [-0.2, 0) is 4.79 Å². The zero-order chi connectivity index (χ0) is 13.1. The molecule has 0 heterocycles. The Morgan fingerprint density at radius 2 is 2.17 bits per heavy atom.